The molecule has 2 N–H and O–H groups in total. The summed E-state index contributed by atoms with van der Waals surface area (Å²) in [6.07, 6.45) is -4.88. The van der Waals surface area contributed by atoms with E-state index in [2.05, 4.69) is 0 Å². The van der Waals surface area contributed by atoms with Crippen LogP contribution < -0.4 is 155 Å². The van der Waals surface area contributed by atoms with E-state index in [9.17, 15) is 19.8 Å². The largest absolute Gasteiger partial charge is 1.00 e. The summed E-state index contributed by atoms with van der Waals surface area (Å²) in [5.74, 6) is -4.12. The summed E-state index contributed by atoms with van der Waals surface area (Å²) in [5.41, 5.74) is 0. The van der Waals surface area contributed by atoms with Gasteiger partial charge in [0.25, 0.3) is 0 Å². The Morgan fingerprint density at radius 3 is 1.14 bits per heavy atom. The molecule has 0 radical (unpaired) electrons. The van der Waals surface area contributed by atoms with Crippen molar-refractivity contribution in [3.8, 4) is 0 Å². The van der Waals surface area contributed by atoms with Crippen LogP contribution in [0.25, 0.3) is 0 Å². The van der Waals surface area contributed by atoms with Gasteiger partial charge in [-0.3, -0.25) is 0 Å². The second kappa shape index (κ2) is 16.4. The molecule has 0 fully saturated rings. The third kappa shape index (κ3) is 13.5. The molecular formula is C4H4ClK2NaO6. The number of carboxylic acid groups (broad SMARTS) is 2. The molecule has 2 atom stereocenters. The van der Waals surface area contributed by atoms with Gasteiger partial charge < -0.3 is 42.4 Å². The van der Waals surface area contributed by atoms with Gasteiger partial charge >= 0.3 is 132 Å². The molecule has 0 amide bonds. The van der Waals surface area contributed by atoms with Crippen LogP contribution in [0.5, 0.6) is 0 Å². The Hall–Kier alpha value is 3.42. The van der Waals surface area contributed by atoms with Crippen molar-refractivity contribution in [3.63, 3.8) is 0 Å². The van der Waals surface area contributed by atoms with Crippen LogP contribution in [0.3, 0.4) is 0 Å². The zero-order valence-electron chi connectivity index (χ0n) is 8.06. The maximum atomic E-state index is 9.63. The number of hydrogen-bond donors (Lipinski definition) is 2. The molecule has 0 saturated heterocycles. The molecule has 0 aromatic rings. The molecule has 0 heterocycles. The minimum Gasteiger partial charge on any atom is -1.00 e. The van der Waals surface area contributed by atoms with Crippen molar-refractivity contribution in [1.29, 1.82) is 0 Å². The summed E-state index contributed by atoms with van der Waals surface area (Å²) in [6.45, 7) is 0. The van der Waals surface area contributed by atoms with Crippen molar-refractivity contribution in [2.75, 3.05) is 0 Å². The Labute approximate surface area is 194 Å². The normalized spacial score (nSPS) is 11.3. The van der Waals surface area contributed by atoms with Crippen LogP contribution >= 0.6 is 0 Å². The van der Waals surface area contributed by atoms with E-state index >= 15 is 0 Å². The number of carboxylic acids is 2. The molecule has 0 spiro atoms. The summed E-state index contributed by atoms with van der Waals surface area (Å²) >= 11 is 0. The van der Waals surface area contributed by atoms with Crippen molar-refractivity contribution >= 4 is 11.9 Å². The van der Waals surface area contributed by atoms with Gasteiger partial charge in [-0.05, 0) is 0 Å². The second-order valence-electron chi connectivity index (χ2n) is 1.53. The van der Waals surface area contributed by atoms with Crippen molar-refractivity contribution in [3.05, 3.63) is 0 Å². The fourth-order valence-electron chi connectivity index (χ4n) is 0.258. The van der Waals surface area contributed by atoms with Gasteiger partial charge in [-0.15, -0.1) is 0 Å². The van der Waals surface area contributed by atoms with Gasteiger partial charge in [0.1, 0.15) is 12.2 Å². The van der Waals surface area contributed by atoms with Crippen LogP contribution in [-0.4, -0.2) is 34.4 Å². The minimum absolute atomic E-state index is 0. The summed E-state index contributed by atoms with van der Waals surface area (Å²) in [7, 11) is 0. The summed E-state index contributed by atoms with van der Waals surface area (Å²) in [5, 5.41) is 35.7. The molecule has 0 saturated carbocycles. The van der Waals surface area contributed by atoms with E-state index < -0.39 is 24.1 Å². The van der Waals surface area contributed by atoms with E-state index in [0.29, 0.717) is 0 Å². The molecule has 0 aliphatic rings. The predicted molar refractivity (Wildman–Crippen MR) is 22.0 cm³/mol. The molecule has 66 valence electrons. The van der Waals surface area contributed by atoms with Crippen LogP contribution in [0.1, 0.15) is 0 Å². The first-order valence-corrected chi connectivity index (χ1v) is 2.24. The third-order valence-electron chi connectivity index (χ3n) is 0.782. The van der Waals surface area contributed by atoms with E-state index in [1.54, 1.807) is 0 Å². The Morgan fingerprint density at radius 2 is 1.07 bits per heavy atom. The molecule has 0 aromatic carbocycles. The van der Waals surface area contributed by atoms with E-state index in [-0.39, 0.29) is 145 Å². The van der Waals surface area contributed by atoms with Crippen LogP contribution in [0.4, 0.5) is 0 Å². The fraction of sp³-hybridized carbons (Fsp3) is 0.500. The van der Waals surface area contributed by atoms with Gasteiger partial charge in [0, 0.05) is 0 Å². The Kier molecular flexibility index (Phi) is 35.7. The first-order chi connectivity index (χ1) is 4.46. The quantitative estimate of drug-likeness (QED) is 0.497. The van der Waals surface area contributed by atoms with Crippen LogP contribution in [-0.2, 0) is 9.59 Å². The third-order valence-corrected chi connectivity index (χ3v) is 0.782. The molecule has 0 aromatic heterocycles. The SMILES string of the molecule is O=C([O-])C(O)C(O)C(=O)[O-].[Cl-].[K+].[K+].[Na+]. The molecule has 10 heteroatoms. The molecule has 6 nitrogen and oxygen atoms in total. The van der Waals surface area contributed by atoms with Gasteiger partial charge in [0.15, 0.2) is 0 Å². The van der Waals surface area contributed by atoms with Gasteiger partial charge in [0.05, 0.1) is 11.9 Å². The second-order valence-corrected chi connectivity index (χ2v) is 1.53. The van der Waals surface area contributed by atoms with Gasteiger partial charge in [-0.2, -0.15) is 0 Å². The zero-order chi connectivity index (χ0) is 8.31. The maximum absolute atomic E-state index is 9.63. The number of carbonyl (C=O) groups is 2. The smallest absolute Gasteiger partial charge is 1.00 e. The zero-order valence-corrected chi connectivity index (χ0v) is 17.1. The average molecular weight is 285 g/mol. The van der Waals surface area contributed by atoms with E-state index in [4.69, 9.17) is 10.2 Å². The molecule has 0 rings (SSSR count). The Bertz CT molecular complexity index is 152. The number of rotatable bonds is 3. The van der Waals surface area contributed by atoms with E-state index in [1.165, 1.54) is 0 Å². The van der Waals surface area contributed by atoms with Gasteiger partial charge in [0.2, 0.25) is 0 Å². The molecular weight excluding hydrogens is 281 g/mol. The number of aliphatic carboxylic acids is 2. The van der Waals surface area contributed by atoms with Crippen molar-refractivity contribution in [1.82, 2.24) is 0 Å². The van der Waals surface area contributed by atoms with Crippen molar-refractivity contribution in [2.24, 2.45) is 0 Å². The number of carbonyl (C=O) groups excluding carboxylic acids is 2. The van der Waals surface area contributed by atoms with Gasteiger partial charge in [-0.25, -0.2) is 0 Å². The summed E-state index contributed by atoms with van der Waals surface area (Å²) in [6, 6.07) is 0. The van der Waals surface area contributed by atoms with Crippen LogP contribution in [0.2, 0.25) is 0 Å². The Balaban J connectivity index is -0.0000000675. The molecule has 14 heavy (non-hydrogen) atoms. The number of aliphatic hydroxyl groups excluding tert-OH is 2. The van der Waals surface area contributed by atoms with Crippen molar-refractivity contribution in [2.45, 2.75) is 12.2 Å². The van der Waals surface area contributed by atoms with Gasteiger partial charge in [-0.1, -0.05) is 0 Å². The molecule has 0 bridgehead atoms. The molecule has 0 aliphatic heterocycles. The number of halogens is 1. The Morgan fingerprint density at radius 1 is 0.929 bits per heavy atom. The van der Waals surface area contributed by atoms with E-state index in [1.807, 2.05) is 0 Å². The molecule has 0 aliphatic carbocycles. The standard InChI is InChI=1S/C4H6O6.ClH.2K.Na/c5-1(3(7)8)2(6)4(9)10;;;;/h1-2,5-6H,(H,7,8)(H,9,10);1H;;;/q;;3*+1/p-3. The van der Waals surface area contributed by atoms with Crippen molar-refractivity contribution < 1.29 is 175 Å². The number of hydrogen-bond acceptors (Lipinski definition) is 6. The molecule has 2 unspecified atom stereocenters. The topological polar surface area (TPSA) is 121 Å². The first kappa shape index (κ1) is 30.4. The fourth-order valence-corrected chi connectivity index (χ4v) is 0.258. The summed E-state index contributed by atoms with van der Waals surface area (Å²) < 4.78 is 0. The predicted octanol–water partition coefficient (Wildman–Crippen LogP) is -16.8. The van der Waals surface area contributed by atoms with Crippen LogP contribution in [0, 0.1) is 0 Å². The van der Waals surface area contributed by atoms with E-state index in [0.717, 1.165) is 0 Å². The average Bonchev–Trinajstić information content (AvgIpc) is 1.84. The number of aliphatic hydroxyl groups is 2. The summed E-state index contributed by atoms with van der Waals surface area (Å²) in [4.78, 5) is 19.3. The van der Waals surface area contributed by atoms with Crippen LogP contribution in [0.15, 0.2) is 0 Å². The first-order valence-electron chi connectivity index (χ1n) is 2.24. The maximum Gasteiger partial charge on any atom is 1.00 e. The monoisotopic (exact) mass is 284 g/mol. The minimum atomic E-state index is -2.44.